The van der Waals surface area contributed by atoms with E-state index in [2.05, 4.69) is 5.32 Å². The van der Waals surface area contributed by atoms with E-state index in [-0.39, 0.29) is 11.1 Å². The molecular weight excluding hydrogens is 355 g/mol. The van der Waals surface area contributed by atoms with Gasteiger partial charge in [-0.15, -0.1) is 10.8 Å². The highest BCUT2D eigenvalue weighted by Gasteiger charge is 2.40. The molecule has 1 heterocycles. The Kier molecular flexibility index (Phi) is 5.72. The number of para-hydroxylation sites is 2. The molecule has 5 nitrogen and oxygen atoms in total. The van der Waals surface area contributed by atoms with Crippen LogP contribution < -0.4 is 14.4 Å². The first-order valence-corrected chi connectivity index (χ1v) is 10.2. The van der Waals surface area contributed by atoms with Crippen LogP contribution in [0.1, 0.15) is 18.4 Å². The summed E-state index contributed by atoms with van der Waals surface area (Å²) < 4.78 is 43.1. The van der Waals surface area contributed by atoms with Gasteiger partial charge in [0.15, 0.2) is 0 Å². The summed E-state index contributed by atoms with van der Waals surface area (Å²) in [6.45, 7) is 0.788. The summed E-state index contributed by atoms with van der Waals surface area (Å²) in [5.41, 5.74) is 1.96. The van der Waals surface area contributed by atoms with Gasteiger partial charge in [0.05, 0.1) is 18.0 Å². The van der Waals surface area contributed by atoms with Gasteiger partial charge in [0, 0.05) is 0 Å². The Hall–Kier alpha value is -1.80. The summed E-state index contributed by atoms with van der Waals surface area (Å²) in [5.74, 6) is 0.217. The maximum atomic E-state index is 13.8. The fraction of sp³-hybridized carbons (Fsp3) is 0.368. The maximum absolute atomic E-state index is 13.8. The molecule has 3 N–H and O–H groups in total. The molecule has 2 aromatic rings. The monoisotopic (exact) mass is 380 g/mol. The Morgan fingerprint density at radius 2 is 2.00 bits per heavy atom. The Morgan fingerprint density at radius 1 is 1.23 bits per heavy atom. The van der Waals surface area contributed by atoms with Crippen LogP contribution in [0.3, 0.4) is 0 Å². The van der Waals surface area contributed by atoms with Crippen molar-refractivity contribution in [3.63, 3.8) is 0 Å². The van der Waals surface area contributed by atoms with Gasteiger partial charge in [-0.2, -0.15) is 0 Å². The number of fused-ring (bicyclic) bond motifs is 1. The van der Waals surface area contributed by atoms with Gasteiger partial charge < -0.3 is 10.1 Å². The zero-order valence-corrected chi connectivity index (χ0v) is 15.8. The van der Waals surface area contributed by atoms with Gasteiger partial charge >= 0.3 is 0 Å². The maximum Gasteiger partial charge on any atom is 0.144 e. The number of hydrogen-bond donors (Lipinski definition) is 3. The van der Waals surface area contributed by atoms with Crippen molar-refractivity contribution < 1.29 is 18.2 Å². The molecule has 142 valence electrons. The van der Waals surface area contributed by atoms with E-state index >= 15 is 0 Å². The summed E-state index contributed by atoms with van der Waals surface area (Å²) in [4.78, 5) is 0. The summed E-state index contributed by atoms with van der Waals surface area (Å²) in [6, 6.07) is 11.6. The molecular formula is C19H25FN2O3S. The number of nitrogens with one attached hydrogen (secondary N) is 1. The summed E-state index contributed by atoms with van der Waals surface area (Å²) in [7, 11) is 0.258. The fourth-order valence-electron chi connectivity index (χ4n) is 3.41. The molecule has 0 radical (unpaired) electrons. The Labute approximate surface area is 155 Å². The molecule has 1 atom stereocenters. The highest BCUT2D eigenvalue weighted by atomic mass is 32.3. The number of anilines is 2. The minimum absolute atomic E-state index is 0.323. The van der Waals surface area contributed by atoms with E-state index < -0.39 is 10.8 Å². The van der Waals surface area contributed by atoms with Gasteiger partial charge in [0.2, 0.25) is 0 Å². The molecule has 1 aliphatic heterocycles. The smallest absolute Gasteiger partial charge is 0.144 e. The number of hydrogen-bond acceptors (Lipinski definition) is 5. The van der Waals surface area contributed by atoms with Gasteiger partial charge in [-0.1, -0.05) is 12.1 Å². The van der Waals surface area contributed by atoms with Crippen LogP contribution in [0.5, 0.6) is 5.75 Å². The van der Waals surface area contributed by atoms with Crippen molar-refractivity contribution in [3.8, 4) is 5.75 Å². The van der Waals surface area contributed by atoms with Crippen molar-refractivity contribution >= 4 is 22.2 Å². The molecule has 0 fully saturated rings. The molecule has 1 aliphatic rings. The quantitative estimate of drug-likeness (QED) is 0.641. The van der Waals surface area contributed by atoms with E-state index in [9.17, 15) is 13.5 Å². The molecule has 0 spiro atoms. The summed E-state index contributed by atoms with van der Waals surface area (Å²) >= 11 is 0. The standard InChI is InChI=1S/C19H25FN2O3S/c1-21-11-5-6-16-13-14-12-15(20)9-10-17(14)22(26(16,23)24)18-7-3-4-8-19(18)25-2/h3-4,7-10,12,16,21,23-24H,5-6,11,13H2,1-2H3/t16-/m0/s1. The average molecular weight is 380 g/mol. The number of benzene rings is 2. The lowest BCUT2D eigenvalue weighted by Crippen LogP contribution is -2.38. The summed E-state index contributed by atoms with van der Waals surface area (Å²) in [6.07, 6.45) is 1.87. The number of rotatable bonds is 6. The first-order chi connectivity index (χ1) is 12.5. The van der Waals surface area contributed by atoms with Crippen molar-refractivity contribution in [2.45, 2.75) is 24.5 Å². The molecule has 3 rings (SSSR count). The molecule has 0 saturated heterocycles. The van der Waals surface area contributed by atoms with Gasteiger partial charge in [-0.05, 0) is 68.8 Å². The molecule has 0 saturated carbocycles. The van der Waals surface area contributed by atoms with Crippen molar-refractivity contribution in [1.82, 2.24) is 5.32 Å². The zero-order chi connectivity index (χ0) is 18.7. The van der Waals surface area contributed by atoms with E-state index in [4.69, 9.17) is 4.74 Å². The van der Waals surface area contributed by atoms with E-state index in [0.717, 1.165) is 18.5 Å². The topological polar surface area (TPSA) is 65.0 Å². The van der Waals surface area contributed by atoms with Gasteiger partial charge in [-0.3, -0.25) is 9.11 Å². The van der Waals surface area contributed by atoms with E-state index in [0.29, 0.717) is 30.0 Å². The van der Waals surface area contributed by atoms with E-state index in [1.54, 1.807) is 25.3 Å². The lowest BCUT2D eigenvalue weighted by Gasteiger charge is -2.53. The second-order valence-electron chi connectivity index (χ2n) is 6.37. The lowest BCUT2D eigenvalue weighted by molar-refractivity contribution is 0.414. The van der Waals surface area contributed by atoms with Crippen LogP contribution >= 0.6 is 10.8 Å². The minimum atomic E-state index is -3.15. The van der Waals surface area contributed by atoms with E-state index in [1.165, 1.54) is 16.4 Å². The third kappa shape index (κ3) is 3.53. The first kappa shape index (κ1) is 19.0. The molecule has 0 bridgehead atoms. The van der Waals surface area contributed by atoms with Gasteiger partial charge in [0.25, 0.3) is 0 Å². The second kappa shape index (κ2) is 7.84. The Bertz CT molecular complexity index is 772. The normalized spacial score (nSPS) is 19.7. The van der Waals surface area contributed by atoms with E-state index in [1.807, 2.05) is 19.2 Å². The van der Waals surface area contributed by atoms with Crippen LogP contribution in [0.4, 0.5) is 15.8 Å². The van der Waals surface area contributed by atoms with Crippen molar-refractivity contribution in [1.29, 1.82) is 0 Å². The predicted molar refractivity (Wildman–Crippen MR) is 105 cm³/mol. The second-order valence-corrected chi connectivity index (χ2v) is 8.53. The predicted octanol–water partition coefficient (Wildman–Crippen LogP) is 4.56. The van der Waals surface area contributed by atoms with Crippen molar-refractivity contribution in [2.24, 2.45) is 0 Å². The molecule has 0 amide bonds. The lowest BCUT2D eigenvalue weighted by atomic mass is 10.0. The third-order valence-electron chi connectivity index (χ3n) is 4.68. The largest absolute Gasteiger partial charge is 0.495 e. The van der Waals surface area contributed by atoms with Crippen LogP contribution in [0.15, 0.2) is 42.5 Å². The number of halogens is 1. The Balaban J connectivity index is 2.10. The van der Waals surface area contributed by atoms with Crippen molar-refractivity contribution in [2.75, 3.05) is 25.0 Å². The van der Waals surface area contributed by atoms with Crippen LogP contribution in [-0.4, -0.2) is 35.1 Å². The highest BCUT2D eigenvalue weighted by Crippen LogP contribution is 2.62. The zero-order valence-electron chi connectivity index (χ0n) is 15.0. The fourth-order valence-corrected chi connectivity index (χ4v) is 5.50. The molecule has 0 aromatic heterocycles. The molecule has 2 aromatic carbocycles. The van der Waals surface area contributed by atoms with Crippen LogP contribution in [0, 0.1) is 5.82 Å². The Morgan fingerprint density at radius 3 is 2.73 bits per heavy atom. The average Bonchev–Trinajstić information content (AvgIpc) is 2.62. The molecule has 26 heavy (non-hydrogen) atoms. The molecule has 7 heteroatoms. The van der Waals surface area contributed by atoms with Crippen LogP contribution in [-0.2, 0) is 6.42 Å². The molecule has 0 aliphatic carbocycles. The highest BCUT2D eigenvalue weighted by molar-refractivity contribution is 8.26. The number of nitrogens with zero attached hydrogens (tertiary/aromatic N) is 1. The van der Waals surface area contributed by atoms with Gasteiger partial charge in [0.1, 0.15) is 17.3 Å². The summed E-state index contributed by atoms with van der Waals surface area (Å²) in [5, 5.41) is 2.70. The first-order valence-electron chi connectivity index (χ1n) is 8.62. The van der Waals surface area contributed by atoms with Gasteiger partial charge in [-0.25, -0.2) is 8.70 Å². The van der Waals surface area contributed by atoms with Crippen LogP contribution in [0.25, 0.3) is 0 Å². The third-order valence-corrected chi connectivity index (χ3v) is 6.91. The number of ether oxygens (including phenoxy) is 1. The van der Waals surface area contributed by atoms with Crippen LogP contribution in [0.2, 0.25) is 0 Å². The minimum Gasteiger partial charge on any atom is -0.495 e. The van der Waals surface area contributed by atoms with Crippen molar-refractivity contribution in [3.05, 3.63) is 53.8 Å². The molecule has 0 unspecified atom stereocenters. The SMILES string of the molecule is CNCCC[C@H]1Cc2cc(F)ccc2N(c2ccccc2OC)S1(O)O. The number of methoxy groups -OCH3 is 1.